The van der Waals surface area contributed by atoms with Crippen LogP contribution in [0.5, 0.6) is 0 Å². The topological polar surface area (TPSA) is 90.7 Å². The number of amides is 3. The Balaban J connectivity index is 1.46. The van der Waals surface area contributed by atoms with E-state index in [0.717, 1.165) is 31.0 Å². The first-order valence-electron chi connectivity index (χ1n) is 10.7. The van der Waals surface area contributed by atoms with Gasteiger partial charge in [-0.2, -0.15) is 13.2 Å². The van der Waals surface area contributed by atoms with Crippen molar-refractivity contribution in [2.45, 2.75) is 37.9 Å². The Kier molecular flexibility index (Phi) is 7.91. The van der Waals surface area contributed by atoms with Crippen LogP contribution in [0.1, 0.15) is 41.6 Å². The van der Waals surface area contributed by atoms with Crippen molar-refractivity contribution in [3.05, 3.63) is 58.9 Å². The van der Waals surface area contributed by atoms with Crippen LogP contribution in [0.4, 0.5) is 18.0 Å². The summed E-state index contributed by atoms with van der Waals surface area (Å²) in [5.41, 5.74) is -0.538. The second kappa shape index (κ2) is 10.5. The third-order valence-electron chi connectivity index (χ3n) is 5.85. The number of benzene rings is 1. The zero-order valence-electron chi connectivity index (χ0n) is 18.0. The van der Waals surface area contributed by atoms with Gasteiger partial charge < -0.3 is 15.6 Å². The van der Waals surface area contributed by atoms with Gasteiger partial charge in [0.1, 0.15) is 0 Å². The van der Waals surface area contributed by atoms with E-state index >= 15 is 0 Å². The number of nitrogens with two attached hydrogens (primary N) is 1. The van der Waals surface area contributed by atoms with E-state index in [1.165, 1.54) is 4.90 Å². The third kappa shape index (κ3) is 6.64. The van der Waals surface area contributed by atoms with Crippen LogP contribution in [-0.4, -0.2) is 47.5 Å². The number of nitrogens with one attached hydrogen (secondary N) is 2. The first kappa shape index (κ1) is 24.9. The van der Waals surface area contributed by atoms with Crippen molar-refractivity contribution in [2.75, 3.05) is 19.6 Å². The molecule has 1 aromatic carbocycles. The average Bonchev–Trinajstić information content (AvgIpc) is 3.19. The van der Waals surface area contributed by atoms with Gasteiger partial charge in [0.05, 0.1) is 16.1 Å². The van der Waals surface area contributed by atoms with Crippen molar-refractivity contribution in [3.63, 3.8) is 0 Å². The summed E-state index contributed by atoms with van der Waals surface area (Å²) in [4.78, 5) is 25.7. The van der Waals surface area contributed by atoms with Gasteiger partial charge in [0.2, 0.25) is 0 Å². The Hall–Kier alpha value is -2.72. The SMILES string of the molecule is C=C(/C=C\N(N)CC1CCC(NC(=O)c2cc(C(F)(F)F)ccc2Cl)CC1)N1CCNC1=O. The van der Waals surface area contributed by atoms with Crippen molar-refractivity contribution >= 4 is 23.5 Å². The minimum absolute atomic E-state index is 0.0206. The molecule has 3 amide bonds. The van der Waals surface area contributed by atoms with Crippen LogP contribution >= 0.6 is 11.6 Å². The molecule has 0 radical (unpaired) electrons. The number of carbonyl (C=O) groups is 2. The highest BCUT2D eigenvalue weighted by Crippen LogP contribution is 2.32. The highest BCUT2D eigenvalue weighted by molar-refractivity contribution is 6.33. The number of rotatable bonds is 7. The van der Waals surface area contributed by atoms with Gasteiger partial charge in [-0.1, -0.05) is 18.2 Å². The van der Waals surface area contributed by atoms with E-state index in [0.29, 0.717) is 44.1 Å². The average molecular weight is 486 g/mol. The lowest BCUT2D eigenvalue weighted by Gasteiger charge is -2.31. The fourth-order valence-electron chi connectivity index (χ4n) is 4.00. The minimum Gasteiger partial charge on any atom is -0.349 e. The highest BCUT2D eigenvalue weighted by atomic mass is 35.5. The molecule has 1 saturated heterocycles. The van der Waals surface area contributed by atoms with Crippen molar-refractivity contribution in [3.8, 4) is 0 Å². The minimum atomic E-state index is -4.55. The van der Waals surface area contributed by atoms with E-state index in [1.807, 2.05) is 0 Å². The highest BCUT2D eigenvalue weighted by Gasteiger charge is 2.32. The zero-order chi connectivity index (χ0) is 24.2. The summed E-state index contributed by atoms with van der Waals surface area (Å²) in [7, 11) is 0. The number of hydrazine groups is 1. The first-order valence-corrected chi connectivity index (χ1v) is 11.0. The molecule has 0 aromatic heterocycles. The van der Waals surface area contributed by atoms with E-state index in [-0.39, 0.29) is 22.7 Å². The Morgan fingerprint density at radius 3 is 2.64 bits per heavy atom. The van der Waals surface area contributed by atoms with E-state index in [1.54, 1.807) is 17.3 Å². The Labute approximate surface area is 195 Å². The standard InChI is InChI=1S/C22H27ClF3N5O2/c1-14(31-11-9-28-21(31)33)8-10-30(27)13-15-2-5-17(6-3-15)29-20(32)18-12-16(22(24,25)26)4-7-19(18)23/h4,7-8,10,12,15,17H,1-3,5-6,9,11,13,27H2,(H,28,33)(H,29,32)/b10-8-. The van der Waals surface area contributed by atoms with Gasteiger partial charge in [0.25, 0.3) is 5.91 Å². The van der Waals surface area contributed by atoms with E-state index in [2.05, 4.69) is 17.2 Å². The van der Waals surface area contributed by atoms with E-state index in [4.69, 9.17) is 17.4 Å². The zero-order valence-corrected chi connectivity index (χ0v) is 18.8. The van der Waals surface area contributed by atoms with Crippen LogP contribution < -0.4 is 16.5 Å². The van der Waals surface area contributed by atoms with Gasteiger partial charge >= 0.3 is 12.2 Å². The summed E-state index contributed by atoms with van der Waals surface area (Å²) in [6.45, 7) is 5.62. The maximum Gasteiger partial charge on any atom is 0.416 e. The molecule has 1 saturated carbocycles. The van der Waals surface area contributed by atoms with Crippen LogP contribution in [0.3, 0.4) is 0 Å². The molecule has 1 heterocycles. The van der Waals surface area contributed by atoms with E-state index < -0.39 is 17.6 Å². The fourth-order valence-corrected chi connectivity index (χ4v) is 4.21. The summed E-state index contributed by atoms with van der Waals surface area (Å²) >= 11 is 5.96. The van der Waals surface area contributed by atoms with Crippen LogP contribution in [0, 0.1) is 5.92 Å². The first-order chi connectivity index (χ1) is 15.5. The summed E-state index contributed by atoms with van der Waals surface area (Å²) < 4.78 is 38.8. The van der Waals surface area contributed by atoms with Crippen LogP contribution in [-0.2, 0) is 6.18 Å². The molecule has 0 unspecified atom stereocenters. The molecule has 7 nitrogen and oxygen atoms in total. The molecule has 1 aliphatic carbocycles. The van der Waals surface area contributed by atoms with Gasteiger partial charge in [-0.15, -0.1) is 0 Å². The lowest BCUT2D eigenvalue weighted by atomic mass is 9.85. The number of urea groups is 1. The number of halogens is 4. The summed E-state index contributed by atoms with van der Waals surface area (Å²) in [6.07, 6.45) is 1.80. The molecule has 0 bridgehead atoms. The fraction of sp³-hybridized carbons (Fsp3) is 0.455. The predicted octanol–water partition coefficient (Wildman–Crippen LogP) is 3.88. The molecule has 4 N–H and O–H groups in total. The van der Waals surface area contributed by atoms with Crippen LogP contribution in [0.25, 0.3) is 0 Å². The normalized spacial score (nSPS) is 21.2. The monoisotopic (exact) mass is 485 g/mol. The third-order valence-corrected chi connectivity index (χ3v) is 6.18. The Bertz CT molecular complexity index is 929. The molecule has 3 rings (SSSR count). The molecule has 11 heteroatoms. The van der Waals surface area contributed by atoms with Crippen molar-refractivity contribution in [1.82, 2.24) is 20.5 Å². The summed E-state index contributed by atoms with van der Waals surface area (Å²) in [6, 6.07) is 2.40. The molecule has 180 valence electrons. The molecule has 1 aliphatic heterocycles. The number of carbonyl (C=O) groups excluding carboxylic acids is 2. The molecule has 0 spiro atoms. The summed E-state index contributed by atoms with van der Waals surface area (Å²) in [5, 5.41) is 7.03. The van der Waals surface area contributed by atoms with Crippen LogP contribution in [0.2, 0.25) is 5.02 Å². The second-order valence-corrected chi connectivity index (χ2v) is 8.68. The molecule has 2 aliphatic rings. The lowest BCUT2D eigenvalue weighted by molar-refractivity contribution is -0.137. The summed E-state index contributed by atoms with van der Waals surface area (Å²) in [5.74, 6) is 5.74. The van der Waals surface area contributed by atoms with Gasteiger partial charge in [-0.25, -0.2) is 10.6 Å². The molecular weight excluding hydrogens is 459 g/mol. The van der Waals surface area contributed by atoms with Crippen LogP contribution in [0.15, 0.2) is 42.8 Å². The van der Waals surface area contributed by atoms with Gasteiger partial charge in [0.15, 0.2) is 0 Å². The molecule has 1 aromatic rings. The quantitative estimate of drug-likeness (QED) is 0.310. The Morgan fingerprint density at radius 2 is 2.03 bits per heavy atom. The number of nitrogens with zero attached hydrogens (tertiary/aromatic N) is 2. The molecular formula is C22H27ClF3N5O2. The maximum atomic E-state index is 12.9. The van der Waals surface area contributed by atoms with Crippen molar-refractivity contribution in [1.29, 1.82) is 0 Å². The maximum absolute atomic E-state index is 12.9. The van der Waals surface area contributed by atoms with Gasteiger partial charge in [0, 0.05) is 37.6 Å². The number of allylic oxidation sites excluding steroid dienone is 1. The largest absolute Gasteiger partial charge is 0.416 e. The molecule has 2 fully saturated rings. The number of hydrogen-bond acceptors (Lipinski definition) is 4. The van der Waals surface area contributed by atoms with Crippen molar-refractivity contribution < 1.29 is 22.8 Å². The van der Waals surface area contributed by atoms with Crippen molar-refractivity contribution in [2.24, 2.45) is 11.8 Å². The Morgan fingerprint density at radius 1 is 1.33 bits per heavy atom. The van der Waals surface area contributed by atoms with E-state index in [9.17, 15) is 22.8 Å². The molecule has 0 atom stereocenters. The van der Waals surface area contributed by atoms with Gasteiger partial charge in [-0.05, 0) is 55.9 Å². The number of alkyl halides is 3. The molecule has 33 heavy (non-hydrogen) atoms. The lowest BCUT2D eigenvalue weighted by Crippen LogP contribution is -2.40. The predicted molar refractivity (Wildman–Crippen MR) is 119 cm³/mol. The van der Waals surface area contributed by atoms with Gasteiger partial charge in [-0.3, -0.25) is 9.69 Å². The smallest absolute Gasteiger partial charge is 0.349 e. The number of hydrogen-bond donors (Lipinski definition) is 3. The second-order valence-electron chi connectivity index (χ2n) is 8.27.